The van der Waals surface area contributed by atoms with E-state index in [9.17, 15) is 4.79 Å². The highest BCUT2D eigenvalue weighted by Crippen LogP contribution is 2.29. The van der Waals surface area contributed by atoms with Gasteiger partial charge in [-0.2, -0.15) is 5.10 Å². The monoisotopic (exact) mass is 392 g/mol. The van der Waals surface area contributed by atoms with Gasteiger partial charge in [-0.05, 0) is 56.0 Å². The number of aryl methyl sites for hydroxylation is 2. The average Bonchev–Trinajstić information content (AvgIpc) is 3.34. The van der Waals surface area contributed by atoms with E-state index in [1.807, 2.05) is 39.1 Å². The molecule has 0 aliphatic carbocycles. The summed E-state index contributed by atoms with van der Waals surface area (Å²) in [6, 6.07) is 3.89. The van der Waals surface area contributed by atoms with Crippen molar-refractivity contribution < 1.29 is 4.79 Å². The van der Waals surface area contributed by atoms with Gasteiger partial charge < -0.3 is 10.6 Å². The number of pyridine rings is 1. The lowest BCUT2D eigenvalue weighted by Gasteiger charge is -2.10. The number of nitrogens with zero attached hydrogens (tertiary/aromatic N) is 3. The van der Waals surface area contributed by atoms with E-state index in [2.05, 4.69) is 37.7 Å². The number of hydrogen-bond acceptors (Lipinski definition) is 6. The molecular formula is C20H20N6OS. The quantitative estimate of drug-likeness (QED) is 0.470. The molecule has 0 radical (unpaired) electrons. The minimum Gasteiger partial charge on any atom is -0.320 e. The molecule has 0 fully saturated rings. The maximum atomic E-state index is 12.7. The van der Waals surface area contributed by atoms with Crippen molar-refractivity contribution >= 4 is 44.8 Å². The number of nitrogens with one attached hydrogen (secondary N) is 3. The van der Waals surface area contributed by atoms with Crippen molar-refractivity contribution in [3.8, 4) is 0 Å². The van der Waals surface area contributed by atoms with E-state index in [1.54, 1.807) is 12.4 Å². The van der Waals surface area contributed by atoms with E-state index in [4.69, 9.17) is 0 Å². The van der Waals surface area contributed by atoms with E-state index in [0.29, 0.717) is 10.0 Å². The highest BCUT2D eigenvalue weighted by molar-refractivity contribution is 7.17. The van der Waals surface area contributed by atoms with E-state index >= 15 is 0 Å². The molecule has 0 aliphatic heterocycles. The fourth-order valence-electron chi connectivity index (χ4n) is 2.96. The Kier molecular flexibility index (Phi) is 4.56. The van der Waals surface area contributed by atoms with Crippen LogP contribution in [-0.4, -0.2) is 26.1 Å². The summed E-state index contributed by atoms with van der Waals surface area (Å²) < 4.78 is 0. The van der Waals surface area contributed by atoms with Crippen LogP contribution in [0.15, 0.2) is 30.7 Å². The van der Waals surface area contributed by atoms with Gasteiger partial charge in [0.2, 0.25) is 0 Å². The van der Waals surface area contributed by atoms with Crippen LogP contribution in [0.25, 0.3) is 10.9 Å². The summed E-state index contributed by atoms with van der Waals surface area (Å²) in [7, 11) is 0. The molecule has 3 aromatic heterocycles. The second-order valence-corrected chi connectivity index (χ2v) is 7.77. The fraction of sp³-hybridized carbons (Fsp3) is 0.200. The van der Waals surface area contributed by atoms with Crippen LogP contribution in [0.1, 0.15) is 31.9 Å². The third kappa shape index (κ3) is 3.22. The van der Waals surface area contributed by atoms with Gasteiger partial charge in [0.05, 0.1) is 23.6 Å². The number of hydrogen-bond donors (Lipinski definition) is 3. The Morgan fingerprint density at radius 2 is 1.82 bits per heavy atom. The summed E-state index contributed by atoms with van der Waals surface area (Å²) in [5.74, 6) is 0.551. The number of thiazole rings is 1. The first kappa shape index (κ1) is 18.1. The van der Waals surface area contributed by atoms with Crippen LogP contribution in [0.2, 0.25) is 0 Å². The zero-order valence-electron chi connectivity index (χ0n) is 16.0. The van der Waals surface area contributed by atoms with Gasteiger partial charge in [-0.3, -0.25) is 9.89 Å². The number of carbonyl (C=O) groups is 1. The van der Waals surface area contributed by atoms with Crippen molar-refractivity contribution in [2.45, 2.75) is 27.7 Å². The largest absolute Gasteiger partial charge is 0.320 e. The van der Waals surface area contributed by atoms with E-state index < -0.39 is 0 Å². The zero-order chi connectivity index (χ0) is 19.8. The van der Waals surface area contributed by atoms with Gasteiger partial charge in [-0.1, -0.05) is 17.4 Å². The first-order chi connectivity index (χ1) is 13.4. The molecular weight excluding hydrogens is 372 g/mol. The molecule has 0 saturated carbocycles. The highest BCUT2D eigenvalue weighted by atomic mass is 32.1. The second-order valence-electron chi connectivity index (χ2n) is 6.74. The van der Waals surface area contributed by atoms with Crippen molar-refractivity contribution in [1.82, 2.24) is 20.2 Å². The predicted molar refractivity (Wildman–Crippen MR) is 113 cm³/mol. The number of anilines is 3. The van der Waals surface area contributed by atoms with Crippen LogP contribution < -0.4 is 10.6 Å². The van der Waals surface area contributed by atoms with Crippen LogP contribution in [0, 0.1) is 27.7 Å². The molecule has 0 unspecified atom stereocenters. The highest BCUT2D eigenvalue weighted by Gasteiger charge is 2.15. The van der Waals surface area contributed by atoms with Gasteiger partial charge in [-0.25, -0.2) is 9.97 Å². The summed E-state index contributed by atoms with van der Waals surface area (Å²) in [6.07, 6.45) is 5.12. The average molecular weight is 392 g/mol. The molecule has 7 nitrogen and oxygen atoms in total. The summed E-state index contributed by atoms with van der Waals surface area (Å²) in [6.45, 7) is 8.08. The van der Waals surface area contributed by atoms with Gasteiger partial charge >= 0.3 is 0 Å². The minimum absolute atomic E-state index is 0.202. The predicted octanol–water partition coefficient (Wildman–Crippen LogP) is 4.64. The molecule has 3 N–H and O–H groups in total. The van der Waals surface area contributed by atoms with Crippen LogP contribution in [0.3, 0.4) is 0 Å². The number of fused-ring (bicyclic) bond motifs is 1. The molecule has 0 bridgehead atoms. The first-order valence-electron chi connectivity index (χ1n) is 8.83. The van der Waals surface area contributed by atoms with Crippen LogP contribution in [0.5, 0.6) is 0 Å². The maximum Gasteiger partial charge on any atom is 0.267 e. The summed E-state index contributed by atoms with van der Waals surface area (Å²) in [5.41, 5.74) is 6.01. The fourth-order valence-corrected chi connectivity index (χ4v) is 3.67. The van der Waals surface area contributed by atoms with Gasteiger partial charge in [0.25, 0.3) is 5.91 Å². The lowest BCUT2D eigenvalue weighted by Crippen LogP contribution is -2.11. The molecule has 8 heteroatoms. The molecule has 0 saturated heterocycles. The molecule has 142 valence electrons. The van der Waals surface area contributed by atoms with Crippen molar-refractivity contribution in [1.29, 1.82) is 0 Å². The number of aromatic amines is 1. The van der Waals surface area contributed by atoms with Gasteiger partial charge in [0, 0.05) is 11.6 Å². The molecule has 3 heterocycles. The second kappa shape index (κ2) is 7.05. The van der Waals surface area contributed by atoms with Crippen molar-refractivity contribution in [3.05, 3.63) is 57.9 Å². The van der Waals surface area contributed by atoms with Gasteiger partial charge in [0.15, 0.2) is 5.13 Å². The van der Waals surface area contributed by atoms with Crippen molar-refractivity contribution in [2.75, 3.05) is 10.6 Å². The Morgan fingerprint density at radius 1 is 1.00 bits per heavy atom. The summed E-state index contributed by atoms with van der Waals surface area (Å²) in [4.78, 5) is 22.0. The number of aromatic nitrogens is 4. The number of benzene rings is 1. The van der Waals surface area contributed by atoms with Crippen molar-refractivity contribution in [3.63, 3.8) is 0 Å². The Bertz CT molecular complexity index is 1190. The smallest absolute Gasteiger partial charge is 0.267 e. The standard InChI is InChI=1S/C20H20N6OS/c1-10-5-6-15-14(8-23-26-15)17(10)24-19(27)16-9-22-20(28-16)25-18-13(4)12(3)11(2)7-21-18/h5-9H,1-4H3,(H,23,26)(H,24,27)(H,21,22,25). The van der Waals surface area contributed by atoms with Crippen LogP contribution in [-0.2, 0) is 0 Å². The van der Waals surface area contributed by atoms with Crippen molar-refractivity contribution in [2.24, 2.45) is 0 Å². The number of H-pyrrole nitrogens is 1. The third-order valence-electron chi connectivity index (χ3n) is 4.92. The van der Waals surface area contributed by atoms with E-state index in [0.717, 1.165) is 39.1 Å². The Labute approximate surface area is 166 Å². The maximum absolute atomic E-state index is 12.7. The van der Waals surface area contributed by atoms with Crippen LogP contribution >= 0.6 is 11.3 Å². The van der Waals surface area contributed by atoms with E-state index in [1.165, 1.54) is 16.9 Å². The molecule has 0 atom stereocenters. The lowest BCUT2D eigenvalue weighted by molar-refractivity contribution is 0.103. The van der Waals surface area contributed by atoms with Crippen LogP contribution in [0.4, 0.5) is 16.6 Å². The van der Waals surface area contributed by atoms with Gasteiger partial charge in [-0.15, -0.1) is 0 Å². The normalized spacial score (nSPS) is 11.0. The Balaban J connectivity index is 1.56. The number of amides is 1. The first-order valence-corrected chi connectivity index (χ1v) is 9.65. The van der Waals surface area contributed by atoms with Gasteiger partial charge in [0.1, 0.15) is 10.7 Å². The number of rotatable bonds is 4. The Morgan fingerprint density at radius 3 is 2.64 bits per heavy atom. The molecule has 1 aromatic carbocycles. The molecule has 4 aromatic rings. The SMILES string of the molecule is Cc1cnc(Nc2ncc(C(=O)Nc3c(C)ccc4[nH]ncc34)s2)c(C)c1C. The molecule has 4 rings (SSSR count). The topological polar surface area (TPSA) is 95.6 Å². The summed E-state index contributed by atoms with van der Waals surface area (Å²) >= 11 is 1.29. The third-order valence-corrected chi connectivity index (χ3v) is 5.83. The van der Waals surface area contributed by atoms with E-state index in [-0.39, 0.29) is 5.91 Å². The lowest BCUT2D eigenvalue weighted by atomic mass is 10.1. The number of carbonyl (C=O) groups excluding carboxylic acids is 1. The summed E-state index contributed by atoms with van der Waals surface area (Å²) in [5, 5.41) is 14.7. The molecule has 0 spiro atoms. The molecule has 1 amide bonds. The minimum atomic E-state index is -0.202. The zero-order valence-corrected chi connectivity index (χ0v) is 16.9. The molecule has 0 aliphatic rings. The molecule has 28 heavy (non-hydrogen) atoms. The Hall–Kier alpha value is -3.26.